The molecule has 2 aliphatic rings. The molecule has 5 rings (SSSR count). The molecule has 0 unspecified atom stereocenters. The molecule has 0 fully saturated rings. The lowest BCUT2D eigenvalue weighted by Gasteiger charge is -2.26. The van der Waals surface area contributed by atoms with Crippen molar-refractivity contribution in [3.63, 3.8) is 0 Å². The SMILES string of the molecule is CN1CC=C(C=C2Sc3ccccc3N2C)c2ccccc21.Cc1ccc(S(=O)(=O)O)cc1. The molecular formula is C26H26N2O3S2. The van der Waals surface area contributed by atoms with Gasteiger partial charge in [0.2, 0.25) is 0 Å². The van der Waals surface area contributed by atoms with Crippen LogP contribution in [-0.2, 0) is 10.1 Å². The van der Waals surface area contributed by atoms with E-state index in [1.807, 2.05) is 18.7 Å². The lowest BCUT2D eigenvalue weighted by Crippen LogP contribution is -2.21. The Morgan fingerprint density at radius 1 is 0.909 bits per heavy atom. The van der Waals surface area contributed by atoms with Crippen LogP contribution in [0.25, 0.3) is 5.57 Å². The average Bonchev–Trinajstić information content (AvgIpc) is 3.11. The normalized spacial score (nSPS) is 16.0. The molecule has 0 amide bonds. The van der Waals surface area contributed by atoms with Gasteiger partial charge >= 0.3 is 0 Å². The van der Waals surface area contributed by atoms with E-state index in [1.54, 1.807) is 12.1 Å². The second-order valence-electron chi connectivity index (χ2n) is 7.96. The second-order valence-corrected chi connectivity index (χ2v) is 10.4. The molecule has 0 aromatic heterocycles. The molecule has 7 heteroatoms. The molecule has 0 saturated heterocycles. The van der Waals surface area contributed by atoms with Crippen LogP contribution in [0.5, 0.6) is 0 Å². The predicted octanol–water partition coefficient (Wildman–Crippen LogP) is 5.85. The van der Waals surface area contributed by atoms with E-state index in [0.29, 0.717) is 0 Å². The molecular weight excluding hydrogens is 452 g/mol. The number of hydrogen-bond acceptors (Lipinski definition) is 5. The van der Waals surface area contributed by atoms with Gasteiger partial charge in [0.25, 0.3) is 10.1 Å². The molecule has 33 heavy (non-hydrogen) atoms. The maximum Gasteiger partial charge on any atom is 0.294 e. The number of rotatable bonds is 2. The minimum absolute atomic E-state index is 0.0666. The smallest absolute Gasteiger partial charge is 0.294 e. The van der Waals surface area contributed by atoms with Gasteiger partial charge in [-0.1, -0.05) is 65.9 Å². The zero-order chi connectivity index (χ0) is 23.6. The minimum atomic E-state index is -4.02. The molecule has 5 nitrogen and oxygen atoms in total. The topological polar surface area (TPSA) is 60.9 Å². The zero-order valence-electron chi connectivity index (χ0n) is 18.8. The van der Waals surface area contributed by atoms with Crippen molar-refractivity contribution in [2.75, 3.05) is 30.4 Å². The van der Waals surface area contributed by atoms with E-state index in [0.717, 1.165) is 12.1 Å². The Hall–Kier alpha value is -3.00. The molecule has 1 N–H and O–H groups in total. The van der Waals surface area contributed by atoms with Crippen LogP contribution in [0.3, 0.4) is 0 Å². The highest BCUT2D eigenvalue weighted by Gasteiger charge is 2.23. The quantitative estimate of drug-likeness (QED) is 0.467. The molecule has 0 atom stereocenters. The van der Waals surface area contributed by atoms with Gasteiger partial charge in [0.15, 0.2) is 0 Å². The largest absolute Gasteiger partial charge is 0.370 e. The number of thioether (sulfide) groups is 1. The van der Waals surface area contributed by atoms with Crippen LogP contribution in [0, 0.1) is 6.92 Å². The number of benzene rings is 3. The standard InChI is InChI=1S/C19H18N2S.C7H8O3S/c1-20-12-11-14(15-7-3-4-8-16(15)20)13-19-21(2)17-9-5-6-10-18(17)22-19;1-6-2-4-7(5-3-6)11(8,9)10/h3-11,13H,12H2,1-2H3;2-5H,1H3,(H,8,9,10). The van der Waals surface area contributed by atoms with E-state index in [-0.39, 0.29) is 4.90 Å². The number of fused-ring (bicyclic) bond motifs is 2. The van der Waals surface area contributed by atoms with Crippen LogP contribution in [0.4, 0.5) is 11.4 Å². The van der Waals surface area contributed by atoms with E-state index in [2.05, 4.69) is 84.6 Å². The molecule has 0 bridgehead atoms. The van der Waals surface area contributed by atoms with Gasteiger partial charge in [-0.05, 0) is 48.9 Å². The van der Waals surface area contributed by atoms with Crippen LogP contribution in [0.1, 0.15) is 11.1 Å². The third kappa shape index (κ3) is 5.16. The number of anilines is 2. The maximum atomic E-state index is 10.5. The minimum Gasteiger partial charge on any atom is -0.370 e. The number of nitrogens with zero attached hydrogens (tertiary/aromatic N) is 2. The Bertz CT molecular complexity index is 1330. The van der Waals surface area contributed by atoms with Gasteiger partial charge in [-0.15, -0.1) is 0 Å². The summed E-state index contributed by atoms with van der Waals surface area (Å²) in [5, 5.41) is 1.28. The molecule has 3 aromatic rings. The highest BCUT2D eigenvalue weighted by Crippen LogP contribution is 2.46. The summed E-state index contributed by atoms with van der Waals surface area (Å²) in [7, 11) is 0.270. The zero-order valence-corrected chi connectivity index (χ0v) is 20.4. The Labute approximate surface area is 199 Å². The van der Waals surface area contributed by atoms with E-state index in [9.17, 15) is 8.42 Å². The van der Waals surface area contributed by atoms with E-state index >= 15 is 0 Å². The van der Waals surface area contributed by atoms with Gasteiger partial charge in [0.1, 0.15) is 0 Å². The molecule has 2 aliphatic heterocycles. The lowest BCUT2D eigenvalue weighted by atomic mass is 9.99. The third-order valence-corrected chi connectivity index (χ3v) is 7.61. The van der Waals surface area contributed by atoms with E-state index in [1.165, 1.54) is 44.6 Å². The average molecular weight is 479 g/mol. The lowest BCUT2D eigenvalue weighted by molar-refractivity contribution is 0.483. The van der Waals surface area contributed by atoms with Crippen molar-refractivity contribution in [1.82, 2.24) is 0 Å². The van der Waals surface area contributed by atoms with Crippen LogP contribution in [0.15, 0.2) is 99.8 Å². The van der Waals surface area contributed by atoms with Gasteiger partial charge in [-0.2, -0.15) is 8.42 Å². The van der Waals surface area contributed by atoms with Gasteiger partial charge < -0.3 is 9.80 Å². The van der Waals surface area contributed by atoms with Crippen LogP contribution in [0.2, 0.25) is 0 Å². The van der Waals surface area contributed by atoms with Gasteiger partial charge in [-0.3, -0.25) is 4.55 Å². The Kier molecular flexibility index (Phi) is 6.65. The summed E-state index contributed by atoms with van der Waals surface area (Å²) in [5.41, 5.74) is 6.18. The first-order valence-electron chi connectivity index (χ1n) is 10.5. The molecule has 2 heterocycles. The van der Waals surface area contributed by atoms with Crippen LogP contribution in [-0.4, -0.2) is 33.6 Å². The number of likely N-dealkylation sites (N-methyl/N-ethyl adjacent to an activating group) is 1. The van der Waals surface area contributed by atoms with Crippen molar-refractivity contribution in [3.8, 4) is 0 Å². The molecule has 170 valence electrons. The van der Waals surface area contributed by atoms with Crippen molar-refractivity contribution in [2.45, 2.75) is 16.7 Å². The molecule has 0 radical (unpaired) electrons. The maximum absolute atomic E-state index is 10.5. The highest BCUT2D eigenvalue weighted by atomic mass is 32.2. The molecule has 0 saturated carbocycles. The van der Waals surface area contributed by atoms with Gasteiger partial charge in [0, 0.05) is 36.8 Å². The van der Waals surface area contributed by atoms with Crippen molar-refractivity contribution in [1.29, 1.82) is 0 Å². The monoisotopic (exact) mass is 478 g/mol. The second kappa shape index (κ2) is 9.47. The summed E-state index contributed by atoms with van der Waals surface area (Å²) in [5.74, 6) is 0. The van der Waals surface area contributed by atoms with Gasteiger partial charge in [0.05, 0.1) is 15.6 Å². The first-order chi connectivity index (χ1) is 15.7. The summed E-state index contributed by atoms with van der Waals surface area (Å²) in [6.07, 6.45) is 4.63. The Balaban J connectivity index is 0.000000200. The predicted molar refractivity (Wildman–Crippen MR) is 137 cm³/mol. The van der Waals surface area contributed by atoms with Crippen molar-refractivity contribution < 1.29 is 13.0 Å². The molecule has 0 spiro atoms. The van der Waals surface area contributed by atoms with E-state index < -0.39 is 10.1 Å². The molecule has 0 aliphatic carbocycles. The summed E-state index contributed by atoms with van der Waals surface area (Å²) < 4.78 is 29.6. The molecule has 3 aromatic carbocycles. The summed E-state index contributed by atoms with van der Waals surface area (Å²) in [6.45, 7) is 2.80. The number of aryl methyl sites for hydroxylation is 1. The fourth-order valence-corrected chi connectivity index (χ4v) is 5.30. The summed E-state index contributed by atoms with van der Waals surface area (Å²) >= 11 is 1.85. The summed E-state index contributed by atoms with van der Waals surface area (Å²) in [4.78, 5) is 5.83. The van der Waals surface area contributed by atoms with E-state index in [4.69, 9.17) is 4.55 Å². The van der Waals surface area contributed by atoms with Crippen LogP contribution >= 0.6 is 11.8 Å². The van der Waals surface area contributed by atoms with Gasteiger partial charge in [-0.25, -0.2) is 0 Å². The number of allylic oxidation sites excluding steroid dienone is 2. The first kappa shape index (κ1) is 23.2. The number of hydrogen-bond donors (Lipinski definition) is 1. The van der Waals surface area contributed by atoms with Crippen molar-refractivity contribution in [2.24, 2.45) is 0 Å². The summed E-state index contributed by atoms with van der Waals surface area (Å²) in [6, 6.07) is 23.2. The Morgan fingerprint density at radius 2 is 1.55 bits per heavy atom. The van der Waals surface area contributed by atoms with Crippen molar-refractivity contribution >= 4 is 38.8 Å². The fraction of sp³-hybridized carbons (Fsp3) is 0.154. The Morgan fingerprint density at radius 3 is 2.21 bits per heavy atom. The van der Waals surface area contributed by atoms with Crippen molar-refractivity contribution in [3.05, 3.63) is 101 Å². The fourth-order valence-electron chi connectivity index (χ4n) is 3.72. The van der Waals surface area contributed by atoms with Crippen LogP contribution < -0.4 is 9.80 Å². The highest BCUT2D eigenvalue weighted by molar-refractivity contribution is 8.03. The number of para-hydroxylation sites is 2. The third-order valence-electron chi connectivity index (χ3n) is 5.58. The first-order valence-corrected chi connectivity index (χ1v) is 12.8.